The van der Waals surface area contributed by atoms with Crippen LogP contribution < -0.4 is 9.64 Å². The standard InChI is InChI=1S/C14H13F3N2O5/c15-14(16,17)4-1-5-22-8-2-3-9-10(6-8)24-18-12(9)19-7-11(20)23-13(19)21/h2-3,6,11,20H,1,4-5,7H2/t11-/m0/s1. The van der Waals surface area contributed by atoms with Crippen LogP contribution in [0, 0.1) is 0 Å². The average Bonchev–Trinajstić information content (AvgIpc) is 3.05. The van der Waals surface area contributed by atoms with E-state index in [0.29, 0.717) is 16.7 Å². The smallest absolute Gasteiger partial charge is 0.418 e. The van der Waals surface area contributed by atoms with E-state index in [9.17, 15) is 23.1 Å². The van der Waals surface area contributed by atoms with Gasteiger partial charge in [0.1, 0.15) is 5.75 Å². The third-order valence-electron chi connectivity index (χ3n) is 3.35. The Morgan fingerprint density at radius 1 is 1.42 bits per heavy atom. The van der Waals surface area contributed by atoms with Crippen molar-refractivity contribution >= 4 is 22.9 Å². The molecule has 1 aliphatic heterocycles. The molecule has 2 heterocycles. The molecule has 1 fully saturated rings. The molecule has 0 bridgehead atoms. The number of rotatable bonds is 5. The summed E-state index contributed by atoms with van der Waals surface area (Å²) in [4.78, 5) is 12.7. The molecule has 10 heteroatoms. The molecular weight excluding hydrogens is 333 g/mol. The van der Waals surface area contributed by atoms with E-state index in [-0.39, 0.29) is 25.4 Å². The van der Waals surface area contributed by atoms with Crippen molar-refractivity contribution in [3.05, 3.63) is 18.2 Å². The van der Waals surface area contributed by atoms with Gasteiger partial charge in [-0.3, -0.25) is 4.90 Å². The minimum Gasteiger partial charge on any atom is -0.493 e. The van der Waals surface area contributed by atoms with Crippen LogP contribution in [0.3, 0.4) is 0 Å². The second-order valence-corrected chi connectivity index (χ2v) is 5.18. The van der Waals surface area contributed by atoms with E-state index in [1.165, 1.54) is 12.1 Å². The van der Waals surface area contributed by atoms with Crippen LogP contribution in [0.5, 0.6) is 5.75 Å². The van der Waals surface area contributed by atoms with Gasteiger partial charge in [-0.05, 0) is 18.6 Å². The number of aromatic nitrogens is 1. The number of nitrogens with zero attached hydrogens (tertiary/aromatic N) is 2. The van der Waals surface area contributed by atoms with Crippen LogP contribution in [0.25, 0.3) is 11.0 Å². The number of anilines is 1. The number of aliphatic hydroxyl groups is 1. The van der Waals surface area contributed by atoms with Gasteiger partial charge in [-0.25, -0.2) is 4.79 Å². The number of amides is 1. The number of carbonyl (C=O) groups is 1. The van der Waals surface area contributed by atoms with Crippen LogP contribution in [0.4, 0.5) is 23.8 Å². The summed E-state index contributed by atoms with van der Waals surface area (Å²) >= 11 is 0. The number of benzene rings is 1. The Bertz CT molecular complexity index is 746. The molecule has 1 aromatic carbocycles. The maximum Gasteiger partial charge on any atom is 0.418 e. The van der Waals surface area contributed by atoms with E-state index in [0.717, 1.165) is 4.90 Å². The van der Waals surface area contributed by atoms with Crippen molar-refractivity contribution in [1.82, 2.24) is 5.16 Å². The van der Waals surface area contributed by atoms with Crippen molar-refractivity contribution in [1.29, 1.82) is 0 Å². The fraction of sp³-hybridized carbons (Fsp3) is 0.429. The summed E-state index contributed by atoms with van der Waals surface area (Å²) in [5.41, 5.74) is 0.299. The van der Waals surface area contributed by atoms with Gasteiger partial charge in [-0.15, -0.1) is 0 Å². The van der Waals surface area contributed by atoms with Gasteiger partial charge >= 0.3 is 12.3 Å². The topological polar surface area (TPSA) is 85.0 Å². The molecule has 0 spiro atoms. The highest BCUT2D eigenvalue weighted by Gasteiger charge is 2.34. The Labute approximate surface area is 133 Å². The van der Waals surface area contributed by atoms with E-state index in [1.807, 2.05) is 0 Å². The van der Waals surface area contributed by atoms with Crippen molar-refractivity contribution < 1.29 is 37.1 Å². The summed E-state index contributed by atoms with van der Waals surface area (Å²) in [6.45, 7) is -0.160. The number of alkyl halides is 3. The third-order valence-corrected chi connectivity index (χ3v) is 3.35. The zero-order valence-electron chi connectivity index (χ0n) is 12.2. The van der Waals surface area contributed by atoms with Gasteiger partial charge < -0.3 is 19.1 Å². The number of halogens is 3. The number of ether oxygens (including phenoxy) is 2. The second kappa shape index (κ2) is 6.19. The van der Waals surface area contributed by atoms with Crippen molar-refractivity contribution in [2.24, 2.45) is 0 Å². The van der Waals surface area contributed by atoms with Gasteiger partial charge in [0.25, 0.3) is 0 Å². The van der Waals surface area contributed by atoms with E-state index >= 15 is 0 Å². The van der Waals surface area contributed by atoms with E-state index in [2.05, 4.69) is 9.89 Å². The van der Waals surface area contributed by atoms with Gasteiger partial charge in [-0.1, -0.05) is 5.16 Å². The Hall–Kier alpha value is -2.49. The lowest BCUT2D eigenvalue weighted by Crippen LogP contribution is -2.24. The number of fused-ring (bicyclic) bond motifs is 1. The summed E-state index contributed by atoms with van der Waals surface area (Å²) in [5, 5.41) is 13.6. The highest BCUT2D eigenvalue weighted by atomic mass is 19.4. The van der Waals surface area contributed by atoms with E-state index < -0.39 is 25.0 Å². The molecule has 1 amide bonds. The summed E-state index contributed by atoms with van der Waals surface area (Å²) in [6, 6.07) is 4.57. The van der Waals surface area contributed by atoms with Crippen molar-refractivity contribution in [2.45, 2.75) is 25.3 Å². The lowest BCUT2D eigenvalue weighted by molar-refractivity contribution is -0.136. The predicted molar refractivity (Wildman–Crippen MR) is 74.6 cm³/mol. The molecule has 0 unspecified atom stereocenters. The van der Waals surface area contributed by atoms with Gasteiger partial charge in [0.05, 0.1) is 18.5 Å². The Balaban J connectivity index is 1.68. The van der Waals surface area contributed by atoms with Gasteiger partial charge in [0.2, 0.25) is 6.29 Å². The largest absolute Gasteiger partial charge is 0.493 e. The quantitative estimate of drug-likeness (QED) is 0.838. The SMILES string of the molecule is O=C1O[C@H](O)CN1c1noc2cc(OCCCC(F)(F)F)ccc12. The first-order valence-corrected chi connectivity index (χ1v) is 7.09. The van der Waals surface area contributed by atoms with Crippen LogP contribution >= 0.6 is 0 Å². The van der Waals surface area contributed by atoms with Crippen LogP contribution in [-0.4, -0.2) is 42.0 Å². The zero-order chi connectivity index (χ0) is 17.3. The summed E-state index contributed by atoms with van der Waals surface area (Å²) in [7, 11) is 0. The number of hydrogen-bond donors (Lipinski definition) is 1. The molecule has 0 radical (unpaired) electrons. The molecular formula is C14H13F3N2O5. The summed E-state index contributed by atoms with van der Waals surface area (Å²) in [6.07, 6.45) is -7.25. The van der Waals surface area contributed by atoms with Crippen molar-refractivity contribution in [2.75, 3.05) is 18.1 Å². The van der Waals surface area contributed by atoms with Crippen LogP contribution in [0.1, 0.15) is 12.8 Å². The number of β-amino-alcohol motifs (C(OH)–C–C–N with tert-alkyl or cyclic N) is 1. The van der Waals surface area contributed by atoms with Gasteiger partial charge in [0, 0.05) is 12.5 Å². The van der Waals surface area contributed by atoms with Crippen LogP contribution in [0.15, 0.2) is 22.7 Å². The second-order valence-electron chi connectivity index (χ2n) is 5.18. The maximum absolute atomic E-state index is 12.1. The van der Waals surface area contributed by atoms with E-state index in [4.69, 9.17) is 9.26 Å². The zero-order valence-corrected chi connectivity index (χ0v) is 12.2. The molecule has 0 saturated carbocycles. The van der Waals surface area contributed by atoms with Crippen molar-refractivity contribution in [3.63, 3.8) is 0 Å². The fourth-order valence-corrected chi connectivity index (χ4v) is 2.27. The first kappa shape index (κ1) is 16.4. The molecule has 3 rings (SSSR count). The van der Waals surface area contributed by atoms with Crippen LogP contribution in [0.2, 0.25) is 0 Å². The van der Waals surface area contributed by atoms with E-state index in [1.54, 1.807) is 6.07 Å². The maximum atomic E-state index is 12.1. The lowest BCUT2D eigenvalue weighted by Gasteiger charge is -2.09. The molecule has 7 nitrogen and oxygen atoms in total. The average molecular weight is 346 g/mol. The van der Waals surface area contributed by atoms with Gasteiger partial charge in [-0.2, -0.15) is 13.2 Å². The number of carbonyl (C=O) groups excluding carboxylic acids is 1. The highest BCUT2D eigenvalue weighted by molar-refractivity contribution is 5.99. The molecule has 1 aromatic heterocycles. The third kappa shape index (κ3) is 3.53. The summed E-state index contributed by atoms with van der Waals surface area (Å²) < 4.78 is 51.1. The molecule has 2 aromatic rings. The Kier molecular flexibility index (Phi) is 4.22. The molecule has 1 aliphatic rings. The Morgan fingerprint density at radius 3 is 2.88 bits per heavy atom. The molecule has 1 atom stereocenters. The Morgan fingerprint density at radius 2 is 2.21 bits per heavy atom. The minimum atomic E-state index is -4.21. The highest BCUT2D eigenvalue weighted by Crippen LogP contribution is 2.31. The minimum absolute atomic E-state index is 0.0733. The normalized spacial score (nSPS) is 18.2. The van der Waals surface area contributed by atoms with Gasteiger partial charge in [0.15, 0.2) is 11.4 Å². The number of cyclic esters (lactones) is 1. The molecule has 24 heavy (non-hydrogen) atoms. The monoisotopic (exact) mass is 346 g/mol. The molecule has 1 N–H and O–H groups in total. The molecule has 0 aliphatic carbocycles. The number of aliphatic hydroxyl groups excluding tert-OH is 1. The lowest BCUT2D eigenvalue weighted by atomic mass is 10.2. The first-order valence-electron chi connectivity index (χ1n) is 7.09. The molecule has 1 saturated heterocycles. The number of hydrogen-bond acceptors (Lipinski definition) is 6. The van der Waals surface area contributed by atoms with Crippen molar-refractivity contribution in [3.8, 4) is 5.75 Å². The molecule has 130 valence electrons. The fourth-order valence-electron chi connectivity index (χ4n) is 2.27. The summed E-state index contributed by atoms with van der Waals surface area (Å²) in [5.74, 6) is 0.520. The van der Waals surface area contributed by atoms with Crippen LogP contribution in [-0.2, 0) is 4.74 Å². The predicted octanol–water partition coefficient (Wildman–Crippen LogP) is 2.82. The first-order chi connectivity index (χ1) is 11.3.